The Morgan fingerprint density at radius 2 is 2.15 bits per heavy atom. The number of hydrogen-bond donors (Lipinski definition) is 1. The van der Waals surface area contributed by atoms with Crippen LogP contribution in [0.5, 0.6) is 0 Å². The fraction of sp³-hybridized carbons (Fsp3) is 0.591. The lowest BCUT2D eigenvalue weighted by Gasteiger charge is -2.37. The zero-order valence-corrected chi connectivity index (χ0v) is 17.4. The van der Waals surface area contributed by atoms with Crippen LogP contribution < -0.4 is 0 Å². The van der Waals surface area contributed by atoms with Crippen molar-refractivity contribution in [2.24, 2.45) is 0 Å². The van der Waals surface area contributed by atoms with Gasteiger partial charge in [-0.25, -0.2) is 0 Å². The number of amides is 1. The summed E-state index contributed by atoms with van der Waals surface area (Å²) in [6, 6.07) is 6.07. The summed E-state index contributed by atoms with van der Waals surface area (Å²) in [5.41, 5.74) is 3.54. The number of benzene rings is 1. The van der Waals surface area contributed by atoms with E-state index in [1.165, 1.54) is 5.56 Å². The summed E-state index contributed by atoms with van der Waals surface area (Å²) in [5.74, 6) is 2.01. The Hall–Kier alpha value is -1.62. The van der Waals surface area contributed by atoms with Gasteiger partial charge in [-0.05, 0) is 23.5 Å². The average Bonchev–Trinajstić information content (AvgIpc) is 2.98. The predicted octanol–water partition coefficient (Wildman–Crippen LogP) is 4.63. The molecular weight excluding hydrogens is 356 g/mol. The first-order chi connectivity index (χ1) is 12.9. The van der Waals surface area contributed by atoms with Gasteiger partial charge < -0.3 is 10.3 Å². The third-order valence-electron chi connectivity index (χ3n) is 5.65. The van der Waals surface area contributed by atoms with E-state index in [4.69, 9.17) is 5.41 Å². The first kappa shape index (κ1) is 20.1. The number of ketones is 1. The molecule has 0 radical (unpaired) electrons. The van der Waals surface area contributed by atoms with Crippen LogP contribution in [0.25, 0.3) is 0 Å². The van der Waals surface area contributed by atoms with Crippen molar-refractivity contribution in [3.8, 4) is 0 Å². The van der Waals surface area contributed by atoms with Crippen LogP contribution >= 0.6 is 11.8 Å². The van der Waals surface area contributed by atoms with Crippen molar-refractivity contribution in [1.82, 2.24) is 4.90 Å². The van der Waals surface area contributed by atoms with E-state index < -0.39 is 0 Å². The predicted molar refractivity (Wildman–Crippen MR) is 112 cm³/mol. The van der Waals surface area contributed by atoms with Gasteiger partial charge in [-0.1, -0.05) is 45.4 Å². The van der Waals surface area contributed by atoms with Crippen LogP contribution in [0.1, 0.15) is 79.8 Å². The number of fused-ring (bicyclic) bond motifs is 1. The largest absolute Gasteiger partial charge is 0.337 e. The molecule has 1 N–H and O–H groups in total. The molecule has 0 spiro atoms. The Balaban J connectivity index is 1.83. The maximum Gasteiger partial charge on any atom is 0.230 e. The summed E-state index contributed by atoms with van der Waals surface area (Å²) in [6.07, 6.45) is 2.71. The molecule has 1 heterocycles. The molecule has 0 aromatic heterocycles. The van der Waals surface area contributed by atoms with Crippen LogP contribution in [0.3, 0.4) is 0 Å². The zero-order chi connectivity index (χ0) is 19.6. The summed E-state index contributed by atoms with van der Waals surface area (Å²) < 4.78 is 0. The van der Waals surface area contributed by atoms with Gasteiger partial charge in [0.1, 0.15) is 0 Å². The van der Waals surface area contributed by atoms with Gasteiger partial charge >= 0.3 is 0 Å². The quantitative estimate of drug-likeness (QED) is 0.725. The Bertz CT molecular complexity index is 744. The highest BCUT2D eigenvalue weighted by molar-refractivity contribution is 7.99. The molecule has 0 bridgehead atoms. The van der Waals surface area contributed by atoms with E-state index in [1.54, 1.807) is 0 Å². The molecule has 146 valence electrons. The van der Waals surface area contributed by atoms with Crippen LogP contribution in [0, 0.1) is 5.41 Å². The highest BCUT2D eigenvalue weighted by Crippen LogP contribution is 2.37. The lowest BCUT2D eigenvalue weighted by atomic mass is 9.93. The minimum atomic E-state index is -0.350. The van der Waals surface area contributed by atoms with Crippen molar-refractivity contribution in [2.75, 3.05) is 18.1 Å². The van der Waals surface area contributed by atoms with Gasteiger partial charge in [-0.3, -0.25) is 9.59 Å². The number of nitrogens with zero attached hydrogens (tertiary/aromatic N) is 1. The van der Waals surface area contributed by atoms with E-state index in [2.05, 4.69) is 26.8 Å². The second kappa shape index (κ2) is 8.59. The number of nitrogens with one attached hydrogen (secondary N) is 1. The van der Waals surface area contributed by atoms with Gasteiger partial charge in [-0.15, -0.1) is 0 Å². The number of carbonyl (C=O) groups excluding carboxylic acids is 2. The monoisotopic (exact) mass is 386 g/mol. The fourth-order valence-corrected chi connectivity index (χ4v) is 5.17. The van der Waals surface area contributed by atoms with Gasteiger partial charge in [0, 0.05) is 48.2 Å². The molecule has 1 aromatic rings. The summed E-state index contributed by atoms with van der Waals surface area (Å²) >= 11 is 1.86. The summed E-state index contributed by atoms with van der Waals surface area (Å²) in [5, 5.41) is 8.19. The Morgan fingerprint density at radius 1 is 1.37 bits per heavy atom. The van der Waals surface area contributed by atoms with Crippen molar-refractivity contribution in [3.05, 3.63) is 34.9 Å². The van der Waals surface area contributed by atoms with Crippen LogP contribution in [0.15, 0.2) is 18.2 Å². The number of hydrogen-bond acceptors (Lipinski definition) is 4. The molecule has 5 heteroatoms. The molecule has 1 saturated heterocycles. The molecule has 4 nitrogen and oxygen atoms in total. The molecule has 1 aliphatic heterocycles. The van der Waals surface area contributed by atoms with Gasteiger partial charge in [0.2, 0.25) is 5.91 Å². The molecular formula is C22H30N2O2S. The lowest BCUT2D eigenvalue weighted by molar-refractivity contribution is -0.134. The number of rotatable bonds is 6. The fourth-order valence-electron chi connectivity index (χ4n) is 4.11. The molecule has 2 aliphatic rings. The topological polar surface area (TPSA) is 61.2 Å². The van der Waals surface area contributed by atoms with E-state index in [9.17, 15) is 9.59 Å². The van der Waals surface area contributed by atoms with Crippen LogP contribution in [0.2, 0.25) is 0 Å². The molecule has 2 unspecified atom stereocenters. The summed E-state index contributed by atoms with van der Waals surface area (Å²) in [4.78, 5) is 27.9. The highest BCUT2D eigenvalue weighted by atomic mass is 32.2. The second-order valence-corrected chi connectivity index (χ2v) is 9.15. The van der Waals surface area contributed by atoms with Crippen molar-refractivity contribution in [1.29, 1.82) is 5.41 Å². The maximum absolute atomic E-state index is 13.4. The van der Waals surface area contributed by atoms with E-state index in [0.717, 1.165) is 47.7 Å². The first-order valence-electron chi connectivity index (χ1n) is 10.0. The van der Waals surface area contributed by atoms with E-state index in [-0.39, 0.29) is 23.7 Å². The van der Waals surface area contributed by atoms with Gasteiger partial charge in [0.05, 0.1) is 5.92 Å². The minimum absolute atomic E-state index is 0.0811. The SMILES string of the molecule is CCCC(=N)CC1CSCCN1C(=O)C1CC(=O)c2ccc(C(C)C)cc21. The van der Waals surface area contributed by atoms with Crippen LogP contribution in [-0.4, -0.2) is 46.4 Å². The molecule has 0 saturated carbocycles. The smallest absolute Gasteiger partial charge is 0.230 e. The van der Waals surface area contributed by atoms with Gasteiger partial charge in [0.15, 0.2) is 5.78 Å². The lowest BCUT2D eigenvalue weighted by Crippen LogP contribution is -2.48. The molecule has 27 heavy (non-hydrogen) atoms. The van der Waals surface area contributed by atoms with Crippen LogP contribution in [0.4, 0.5) is 0 Å². The zero-order valence-electron chi connectivity index (χ0n) is 16.6. The Labute approximate surface area is 166 Å². The normalized spacial score (nSPS) is 22.2. The summed E-state index contributed by atoms with van der Waals surface area (Å²) in [6.45, 7) is 7.07. The molecule has 2 atom stereocenters. The number of carbonyl (C=O) groups is 2. The molecule has 1 aliphatic carbocycles. The van der Waals surface area contributed by atoms with E-state index in [1.807, 2.05) is 28.8 Å². The van der Waals surface area contributed by atoms with E-state index >= 15 is 0 Å². The minimum Gasteiger partial charge on any atom is -0.337 e. The van der Waals surface area contributed by atoms with Crippen molar-refractivity contribution in [3.63, 3.8) is 0 Å². The standard InChI is InChI=1S/C22H30N2O2S/c1-4-5-16(23)11-17-13-27-9-8-24(17)22(26)20-12-21(25)18-7-6-15(14(2)3)10-19(18)20/h6-7,10,14,17,20,23H,4-5,8-9,11-13H2,1-3H3. The third-order valence-corrected chi connectivity index (χ3v) is 6.74. The summed E-state index contributed by atoms with van der Waals surface area (Å²) in [7, 11) is 0. The number of thioether (sulfide) groups is 1. The molecule has 1 fully saturated rings. The van der Waals surface area contributed by atoms with Gasteiger partial charge in [-0.2, -0.15) is 11.8 Å². The highest BCUT2D eigenvalue weighted by Gasteiger charge is 2.39. The number of Topliss-reactive ketones (excluding diaryl/α,β-unsaturated/α-hetero) is 1. The van der Waals surface area contributed by atoms with Gasteiger partial charge in [0.25, 0.3) is 0 Å². The van der Waals surface area contributed by atoms with Crippen molar-refractivity contribution < 1.29 is 9.59 Å². The third kappa shape index (κ3) is 4.29. The molecule has 3 rings (SSSR count). The maximum atomic E-state index is 13.4. The second-order valence-electron chi connectivity index (χ2n) is 8.00. The van der Waals surface area contributed by atoms with E-state index in [0.29, 0.717) is 18.8 Å². The Kier molecular flexibility index (Phi) is 6.40. The average molecular weight is 387 g/mol. The van der Waals surface area contributed by atoms with Crippen molar-refractivity contribution >= 4 is 29.2 Å². The molecule has 1 aromatic carbocycles. The Morgan fingerprint density at radius 3 is 2.85 bits per heavy atom. The first-order valence-corrected chi connectivity index (χ1v) is 11.2. The van der Waals surface area contributed by atoms with Crippen LogP contribution in [-0.2, 0) is 4.79 Å². The van der Waals surface area contributed by atoms with Crippen molar-refractivity contribution in [2.45, 2.75) is 64.3 Å². The molecule has 1 amide bonds.